The normalized spacial score (nSPS) is 18.9. The van der Waals surface area contributed by atoms with Gasteiger partial charge in [0.15, 0.2) is 0 Å². The number of rotatable bonds is 4. The average Bonchev–Trinajstić information content (AvgIpc) is 2.45. The van der Waals surface area contributed by atoms with E-state index in [-0.39, 0.29) is 11.7 Å². The van der Waals surface area contributed by atoms with Crippen molar-refractivity contribution in [2.24, 2.45) is 0 Å². The van der Waals surface area contributed by atoms with Gasteiger partial charge in [0.25, 0.3) is 5.91 Å². The zero-order chi connectivity index (χ0) is 13.7. The van der Waals surface area contributed by atoms with Gasteiger partial charge >= 0.3 is 0 Å². The molecule has 0 aromatic heterocycles. The second kappa shape index (κ2) is 6.49. The summed E-state index contributed by atoms with van der Waals surface area (Å²) in [5.41, 5.74) is -0.0162. The number of hydrogen-bond donors (Lipinski definition) is 1. The Hall–Kier alpha value is -1.66. The second-order valence-electron chi connectivity index (χ2n) is 4.12. The molecule has 1 N–H and O–H groups in total. The zero-order valence-electron chi connectivity index (χ0n) is 10.6. The van der Waals surface area contributed by atoms with E-state index in [4.69, 9.17) is 14.2 Å². The van der Waals surface area contributed by atoms with Crippen LogP contribution in [0, 0.1) is 5.82 Å². The van der Waals surface area contributed by atoms with Gasteiger partial charge in [0, 0.05) is 12.6 Å². The minimum Gasteiger partial charge on any atom is -0.497 e. The molecule has 2 rings (SSSR count). The van der Waals surface area contributed by atoms with Crippen LogP contribution in [0.15, 0.2) is 18.2 Å². The molecule has 1 unspecified atom stereocenters. The summed E-state index contributed by atoms with van der Waals surface area (Å²) in [6.45, 7) is 1.81. The van der Waals surface area contributed by atoms with Gasteiger partial charge in [0.1, 0.15) is 11.6 Å². The lowest BCUT2D eigenvalue weighted by molar-refractivity contribution is -0.0855. The van der Waals surface area contributed by atoms with Gasteiger partial charge in [-0.2, -0.15) is 0 Å². The van der Waals surface area contributed by atoms with Crippen LogP contribution in [0.1, 0.15) is 10.4 Å². The summed E-state index contributed by atoms with van der Waals surface area (Å²) >= 11 is 0. The third-order valence-corrected chi connectivity index (χ3v) is 2.80. The SMILES string of the molecule is COc1ccc(C(=O)NCC2COCCO2)c(F)c1. The lowest BCUT2D eigenvalue weighted by Crippen LogP contribution is -2.39. The van der Waals surface area contributed by atoms with Crippen molar-refractivity contribution in [2.75, 3.05) is 33.5 Å². The molecule has 1 saturated heterocycles. The van der Waals surface area contributed by atoms with Crippen LogP contribution in [-0.2, 0) is 9.47 Å². The van der Waals surface area contributed by atoms with E-state index < -0.39 is 11.7 Å². The van der Waals surface area contributed by atoms with E-state index in [1.807, 2.05) is 0 Å². The van der Waals surface area contributed by atoms with Crippen molar-refractivity contribution < 1.29 is 23.4 Å². The number of benzene rings is 1. The maximum Gasteiger partial charge on any atom is 0.254 e. The molecule has 1 aromatic carbocycles. The number of nitrogens with one attached hydrogen (secondary N) is 1. The lowest BCUT2D eigenvalue weighted by atomic mass is 10.2. The fourth-order valence-electron chi connectivity index (χ4n) is 1.76. The first-order valence-electron chi connectivity index (χ1n) is 6.02. The molecule has 1 aliphatic heterocycles. The lowest BCUT2D eigenvalue weighted by Gasteiger charge is -2.23. The molecule has 0 spiro atoms. The molecule has 1 aromatic rings. The summed E-state index contributed by atoms with van der Waals surface area (Å²) < 4.78 is 29.1. The van der Waals surface area contributed by atoms with Gasteiger partial charge in [0.2, 0.25) is 0 Å². The monoisotopic (exact) mass is 269 g/mol. The Balaban J connectivity index is 1.92. The summed E-state index contributed by atoms with van der Waals surface area (Å²) in [5.74, 6) is -0.718. The summed E-state index contributed by atoms with van der Waals surface area (Å²) in [7, 11) is 1.44. The molecule has 6 heteroatoms. The van der Waals surface area contributed by atoms with Gasteiger partial charge in [-0.3, -0.25) is 4.79 Å². The Morgan fingerprint density at radius 2 is 2.37 bits per heavy atom. The molecule has 1 amide bonds. The van der Waals surface area contributed by atoms with Crippen molar-refractivity contribution in [2.45, 2.75) is 6.10 Å². The Bertz CT molecular complexity index is 446. The summed E-state index contributed by atoms with van der Waals surface area (Å²) in [5, 5.41) is 2.62. The zero-order valence-corrected chi connectivity index (χ0v) is 10.6. The van der Waals surface area contributed by atoms with E-state index in [1.54, 1.807) is 0 Å². The van der Waals surface area contributed by atoms with Gasteiger partial charge in [-0.05, 0) is 12.1 Å². The number of ether oxygens (including phenoxy) is 3. The minimum absolute atomic E-state index is 0.0162. The second-order valence-corrected chi connectivity index (χ2v) is 4.12. The largest absolute Gasteiger partial charge is 0.497 e. The molecule has 1 atom stereocenters. The average molecular weight is 269 g/mol. The Kier molecular flexibility index (Phi) is 4.70. The van der Waals surface area contributed by atoms with Crippen LogP contribution in [-0.4, -0.2) is 45.5 Å². The van der Waals surface area contributed by atoms with Crippen molar-refractivity contribution in [3.63, 3.8) is 0 Å². The van der Waals surface area contributed by atoms with E-state index in [1.165, 1.54) is 25.3 Å². The van der Waals surface area contributed by atoms with Gasteiger partial charge < -0.3 is 19.5 Å². The van der Waals surface area contributed by atoms with Gasteiger partial charge in [0.05, 0.1) is 38.6 Å². The van der Waals surface area contributed by atoms with E-state index in [0.717, 1.165) is 0 Å². The van der Waals surface area contributed by atoms with Gasteiger partial charge in [-0.1, -0.05) is 0 Å². The predicted molar refractivity (Wildman–Crippen MR) is 65.8 cm³/mol. The Morgan fingerprint density at radius 3 is 3.00 bits per heavy atom. The fraction of sp³-hybridized carbons (Fsp3) is 0.462. The maximum atomic E-state index is 13.7. The molecule has 0 saturated carbocycles. The van der Waals surface area contributed by atoms with Crippen LogP contribution in [0.3, 0.4) is 0 Å². The summed E-state index contributed by atoms with van der Waals surface area (Å²) in [6.07, 6.45) is -0.181. The topological polar surface area (TPSA) is 56.8 Å². The number of carbonyl (C=O) groups excluding carboxylic acids is 1. The molecular weight excluding hydrogens is 253 g/mol. The highest BCUT2D eigenvalue weighted by Crippen LogP contribution is 2.16. The number of amides is 1. The van der Waals surface area contributed by atoms with Crippen molar-refractivity contribution in [3.8, 4) is 5.75 Å². The van der Waals surface area contributed by atoms with E-state index in [2.05, 4.69) is 5.32 Å². The van der Waals surface area contributed by atoms with Crippen LogP contribution in [0.5, 0.6) is 5.75 Å². The summed E-state index contributed by atoms with van der Waals surface area (Å²) in [4.78, 5) is 11.8. The van der Waals surface area contributed by atoms with Crippen LogP contribution < -0.4 is 10.1 Å². The smallest absolute Gasteiger partial charge is 0.254 e. The number of methoxy groups -OCH3 is 1. The molecule has 19 heavy (non-hydrogen) atoms. The van der Waals surface area contributed by atoms with Gasteiger partial charge in [-0.15, -0.1) is 0 Å². The third kappa shape index (κ3) is 3.65. The number of hydrogen-bond acceptors (Lipinski definition) is 4. The molecule has 1 fully saturated rings. The fourth-order valence-corrected chi connectivity index (χ4v) is 1.76. The molecular formula is C13H16FNO4. The highest BCUT2D eigenvalue weighted by Gasteiger charge is 2.17. The van der Waals surface area contributed by atoms with E-state index in [0.29, 0.717) is 32.1 Å². The van der Waals surface area contributed by atoms with Gasteiger partial charge in [-0.25, -0.2) is 4.39 Å². The number of halogens is 1. The molecule has 1 aliphatic rings. The van der Waals surface area contributed by atoms with Crippen molar-refractivity contribution in [3.05, 3.63) is 29.6 Å². The first kappa shape index (κ1) is 13.8. The van der Waals surface area contributed by atoms with Crippen LogP contribution >= 0.6 is 0 Å². The van der Waals surface area contributed by atoms with Crippen molar-refractivity contribution in [1.82, 2.24) is 5.32 Å². The summed E-state index contributed by atoms with van der Waals surface area (Å²) in [6, 6.07) is 4.11. The molecule has 104 valence electrons. The van der Waals surface area contributed by atoms with Crippen molar-refractivity contribution >= 4 is 5.91 Å². The number of carbonyl (C=O) groups is 1. The predicted octanol–water partition coefficient (Wildman–Crippen LogP) is 0.979. The Labute approximate surface area is 110 Å². The molecule has 1 heterocycles. The third-order valence-electron chi connectivity index (χ3n) is 2.80. The first-order valence-corrected chi connectivity index (χ1v) is 6.02. The Morgan fingerprint density at radius 1 is 1.53 bits per heavy atom. The van der Waals surface area contributed by atoms with Crippen LogP contribution in [0.25, 0.3) is 0 Å². The quantitative estimate of drug-likeness (QED) is 0.885. The van der Waals surface area contributed by atoms with E-state index in [9.17, 15) is 9.18 Å². The van der Waals surface area contributed by atoms with Crippen molar-refractivity contribution in [1.29, 1.82) is 0 Å². The van der Waals surface area contributed by atoms with E-state index >= 15 is 0 Å². The molecule has 0 aliphatic carbocycles. The maximum absolute atomic E-state index is 13.7. The molecule has 0 bridgehead atoms. The van der Waals surface area contributed by atoms with Crippen LogP contribution in [0.2, 0.25) is 0 Å². The first-order chi connectivity index (χ1) is 9.20. The van der Waals surface area contributed by atoms with Crippen LogP contribution in [0.4, 0.5) is 4.39 Å². The highest BCUT2D eigenvalue weighted by atomic mass is 19.1. The molecule has 0 radical (unpaired) electrons. The highest BCUT2D eigenvalue weighted by molar-refractivity contribution is 5.94. The standard InChI is InChI=1S/C13H16FNO4/c1-17-9-2-3-11(12(14)6-9)13(16)15-7-10-8-18-4-5-19-10/h2-3,6,10H,4-5,7-8H2,1H3,(H,15,16). The minimum atomic E-state index is -0.613. The molecule has 5 nitrogen and oxygen atoms in total.